The number of ether oxygens (including phenoxy) is 1. The van der Waals surface area contributed by atoms with E-state index in [2.05, 4.69) is 33.1 Å². The van der Waals surface area contributed by atoms with Crippen molar-refractivity contribution in [2.45, 2.75) is 13.3 Å². The van der Waals surface area contributed by atoms with Gasteiger partial charge >= 0.3 is 0 Å². The zero-order valence-corrected chi connectivity index (χ0v) is 16.5. The first kappa shape index (κ1) is 20.0. The minimum Gasteiger partial charge on any atom is -0.378 e. The van der Waals surface area contributed by atoms with Gasteiger partial charge in [-0.25, -0.2) is 9.38 Å². The highest BCUT2D eigenvalue weighted by Gasteiger charge is 2.14. The molecule has 0 unspecified atom stereocenters. The number of amidine groups is 1. The van der Waals surface area contributed by atoms with E-state index < -0.39 is 0 Å². The van der Waals surface area contributed by atoms with Crippen LogP contribution in [0.25, 0.3) is 0 Å². The van der Waals surface area contributed by atoms with Crippen molar-refractivity contribution in [1.29, 1.82) is 0 Å². The highest BCUT2D eigenvalue weighted by Crippen LogP contribution is 2.16. The van der Waals surface area contributed by atoms with Gasteiger partial charge < -0.3 is 19.9 Å². The van der Waals surface area contributed by atoms with Gasteiger partial charge in [0.2, 0.25) is 0 Å². The molecule has 0 saturated carbocycles. The van der Waals surface area contributed by atoms with Gasteiger partial charge in [-0.05, 0) is 43.2 Å². The molecule has 2 heterocycles. The van der Waals surface area contributed by atoms with Crippen molar-refractivity contribution in [3.63, 3.8) is 0 Å². The van der Waals surface area contributed by atoms with Crippen molar-refractivity contribution >= 4 is 11.5 Å². The molecule has 6 heteroatoms. The van der Waals surface area contributed by atoms with E-state index in [1.165, 1.54) is 5.70 Å². The van der Waals surface area contributed by atoms with Gasteiger partial charge in [0.15, 0.2) is 0 Å². The molecule has 0 aliphatic carbocycles. The van der Waals surface area contributed by atoms with Crippen LogP contribution in [0.2, 0.25) is 0 Å². The van der Waals surface area contributed by atoms with Crippen molar-refractivity contribution in [3.8, 4) is 11.8 Å². The number of allylic oxidation sites excluding steroid dienone is 2. The maximum Gasteiger partial charge on any atom is 0.107 e. The molecule has 148 valence electrons. The van der Waals surface area contributed by atoms with Crippen LogP contribution in [-0.4, -0.2) is 57.3 Å². The van der Waals surface area contributed by atoms with E-state index >= 15 is 0 Å². The lowest BCUT2D eigenvalue weighted by Crippen LogP contribution is -2.35. The average molecular weight is 382 g/mol. The monoisotopic (exact) mass is 382 g/mol. The molecular formula is C22H27FN4O. The lowest BCUT2D eigenvalue weighted by atomic mass is 10.1. The van der Waals surface area contributed by atoms with Crippen LogP contribution >= 0.6 is 0 Å². The lowest BCUT2D eigenvalue weighted by molar-refractivity contribution is 0.0526. The third kappa shape index (κ3) is 5.61. The molecule has 0 radical (unpaired) electrons. The Balaban J connectivity index is 1.70. The molecular weight excluding hydrogens is 355 g/mol. The van der Waals surface area contributed by atoms with Crippen LogP contribution in [0.15, 0.2) is 52.9 Å². The first-order chi connectivity index (χ1) is 13.7. The smallest absolute Gasteiger partial charge is 0.107 e. The highest BCUT2D eigenvalue weighted by molar-refractivity contribution is 5.82. The van der Waals surface area contributed by atoms with Crippen LogP contribution in [0.1, 0.15) is 18.9 Å². The molecule has 1 N–H and O–H groups in total. The molecule has 3 rings (SSSR count). The number of alkyl halides is 1. The Labute approximate surface area is 166 Å². The van der Waals surface area contributed by atoms with Crippen molar-refractivity contribution in [1.82, 2.24) is 10.2 Å². The summed E-state index contributed by atoms with van der Waals surface area (Å²) in [5.41, 5.74) is 3.93. The second-order valence-corrected chi connectivity index (χ2v) is 6.79. The third-order valence-electron chi connectivity index (χ3n) is 4.72. The molecule has 5 nitrogen and oxygen atoms in total. The van der Waals surface area contributed by atoms with E-state index in [0.29, 0.717) is 6.54 Å². The van der Waals surface area contributed by atoms with Gasteiger partial charge in [0, 0.05) is 56.3 Å². The Morgan fingerprint density at radius 2 is 1.96 bits per heavy atom. The Kier molecular flexibility index (Phi) is 7.10. The van der Waals surface area contributed by atoms with Gasteiger partial charge in [-0.3, -0.25) is 0 Å². The van der Waals surface area contributed by atoms with Crippen LogP contribution in [0, 0.1) is 11.8 Å². The molecule has 1 saturated heterocycles. The third-order valence-corrected chi connectivity index (χ3v) is 4.72. The van der Waals surface area contributed by atoms with E-state index in [4.69, 9.17) is 4.74 Å². The quantitative estimate of drug-likeness (QED) is 0.813. The van der Waals surface area contributed by atoms with E-state index in [1.807, 2.05) is 49.3 Å². The number of nitrogens with one attached hydrogen (secondary N) is 1. The van der Waals surface area contributed by atoms with Crippen LogP contribution in [-0.2, 0) is 4.74 Å². The first-order valence-electron chi connectivity index (χ1n) is 9.58. The van der Waals surface area contributed by atoms with Gasteiger partial charge in [0.1, 0.15) is 12.5 Å². The summed E-state index contributed by atoms with van der Waals surface area (Å²) in [4.78, 5) is 8.71. The van der Waals surface area contributed by atoms with Crippen LogP contribution < -0.4 is 10.2 Å². The molecule has 0 bridgehead atoms. The molecule has 0 atom stereocenters. The molecule has 1 fully saturated rings. The zero-order chi connectivity index (χ0) is 19.8. The summed E-state index contributed by atoms with van der Waals surface area (Å²) in [5, 5.41) is 3.26. The maximum atomic E-state index is 12.5. The Morgan fingerprint density at radius 1 is 1.21 bits per heavy atom. The van der Waals surface area contributed by atoms with E-state index in [9.17, 15) is 4.39 Å². The minimum absolute atomic E-state index is 0.361. The Bertz CT molecular complexity index is 811. The zero-order valence-electron chi connectivity index (χ0n) is 16.5. The van der Waals surface area contributed by atoms with Crippen LogP contribution in [0.5, 0.6) is 0 Å². The second-order valence-electron chi connectivity index (χ2n) is 6.79. The number of morpholine rings is 1. The maximum absolute atomic E-state index is 12.5. The normalized spacial score (nSPS) is 20.8. The van der Waals surface area contributed by atoms with E-state index in [0.717, 1.165) is 55.5 Å². The van der Waals surface area contributed by atoms with E-state index in [1.54, 1.807) is 0 Å². The predicted octanol–water partition coefficient (Wildman–Crippen LogP) is 2.91. The Morgan fingerprint density at radius 3 is 2.68 bits per heavy atom. The fraction of sp³-hybridized carbons (Fsp3) is 0.409. The lowest BCUT2D eigenvalue weighted by Gasteiger charge is -2.30. The van der Waals surface area contributed by atoms with Crippen molar-refractivity contribution in [2.75, 3.05) is 51.5 Å². The molecule has 1 aromatic rings. The summed E-state index contributed by atoms with van der Waals surface area (Å²) in [6, 6.07) is 7.85. The number of hydrogen-bond donors (Lipinski definition) is 1. The second kappa shape index (κ2) is 9.95. The number of halogens is 1. The molecule has 0 spiro atoms. The molecule has 1 aromatic carbocycles. The number of anilines is 1. The summed E-state index contributed by atoms with van der Waals surface area (Å²) < 4.78 is 17.9. The van der Waals surface area contributed by atoms with Crippen molar-refractivity contribution in [3.05, 3.63) is 53.5 Å². The largest absolute Gasteiger partial charge is 0.378 e. The van der Waals surface area contributed by atoms with E-state index in [-0.39, 0.29) is 6.67 Å². The predicted molar refractivity (Wildman–Crippen MR) is 112 cm³/mol. The van der Waals surface area contributed by atoms with Gasteiger partial charge in [-0.2, -0.15) is 0 Å². The number of hydrogen-bond acceptors (Lipinski definition) is 5. The van der Waals surface area contributed by atoms with Gasteiger partial charge in [0.25, 0.3) is 0 Å². The average Bonchev–Trinajstić information content (AvgIpc) is 2.71. The number of benzene rings is 1. The summed E-state index contributed by atoms with van der Waals surface area (Å²) >= 11 is 0. The van der Waals surface area contributed by atoms with Crippen molar-refractivity contribution in [2.24, 2.45) is 4.99 Å². The fourth-order valence-electron chi connectivity index (χ4n) is 3.05. The summed E-state index contributed by atoms with van der Waals surface area (Å²) in [5.74, 6) is 7.22. The highest BCUT2D eigenvalue weighted by atomic mass is 19.1. The molecule has 0 aromatic heterocycles. The van der Waals surface area contributed by atoms with Crippen molar-refractivity contribution < 1.29 is 9.13 Å². The summed E-state index contributed by atoms with van der Waals surface area (Å²) in [6.07, 6.45) is 4.82. The minimum atomic E-state index is -0.361. The Hall–Kier alpha value is -2.78. The van der Waals surface area contributed by atoms with Gasteiger partial charge in [-0.1, -0.05) is 5.92 Å². The topological polar surface area (TPSA) is 40.1 Å². The molecule has 2 aliphatic heterocycles. The van der Waals surface area contributed by atoms with Gasteiger partial charge in [0.05, 0.1) is 18.9 Å². The number of nitrogens with zero attached hydrogens (tertiary/aromatic N) is 3. The standard InChI is InChI=1S/C22H27FN4O/c1-18-24-17-22(27-13-15-28-16-14-27)10-7-20(25-18)6-3-19-4-8-21(9-5-19)26(2)12-11-23/h4-5,7-9,17H,10-16H2,1-2H3,(H,24,25)/b20-7-,22-17+. The molecule has 28 heavy (non-hydrogen) atoms. The SMILES string of the molecule is CC1=N/C=C(/N2CCOCC2)C/C=C(/C#Cc2ccc(N(C)CCF)cc2)N1. The van der Waals surface area contributed by atoms with Crippen LogP contribution in [0.3, 0.4) is 0 Å². The van der Waals surface area contributed by atoms with Crippen LogP contribution in [0.4, 0.5) is 10.1 Å². The molecule has 2 aliphatic rings. The van der Waals surface area contributed by atoms with Gasteiger partial charge in [-0.15, -0.1) is 0 Å². The number of rotatable bonds is 4. The molecule has 0 amide bonds. The summed E-state index contributed by atoms with van der Waals surface area (Å²) in [7, 11) is 1.88. The fourth-order valence-corrected chi connectivity index (χ4v) is 3.05. The summed E-state index contributed by atoms with van der Waals surface area (Å²) in [6.45, 7) is 5.26. The number of aliphatic imine (C=N–C) groups is 1. The first-order valence-corrected chi connectivity index (χ1v) is 9.58.